The fourth-order valence-electron chi connectivity index (χ4n) is 1.09. The summed E-state index contributed by atoms with van der Waals surface area (Å²) in [6.45, 7) is 0. The molecule has 76 valence electrons. The third kappa shape index (κ3) is 2.97. The monoisotopic (exact) mass is 294 g/mol. The number of Topliss-reactive ketones (excluding diaryl/α,β-unsaturated/α-hetero) is 1. The maximum absolute atomic E-state index is 11.6. The minimum absolute atomic E-state index is 0.0406. The highest BCUT2D eigenvalue weighted by atomic mass is 79.9. The van der Waals surface area contributed by atoms with E-state index in [1.807, 2.05) is 6.07 Å². The van der Waals surface area contributed by atoms with E-state index in [1.165, 1.54) is 0 Å². The zero-order chi connectivity index (χ0) is 10.6. The maximum Gasteiger partial charge on any atom is 0.165 e. The van der Waals surface area contributed by atoms with Crippen LogP contribution in [0.1, 0.15) is 22.3 Å². The Morgan fingerprint density at radius 1 is 1.43 bits per heavy atom. The van der Waals surface area contributed by atoms with E-state index in [0.717, 1.165) is 5.56 Å². The molecule has 1 aromatic carbocycles. The molecule has 0 saturated carbocycles. The van der Waals surface area contributed by atoms with E-state index >= 15 is 0 Å². The van der Waals surface area contributed by atoms with Gasteiger partial charge >= 0.3 is 0 Å². The van der Waals surface area contributed by atoms with E-state index in [0.29, 0.717) is 28.2 Å². The number of benzene rings is 1. The number of ketones is 1. The molecule has 0 saturated heterocycles. The molecule has 0 aliphatic carbocycles. The molecular formula is C10H9BrCl2O. The molecule has 0 heterocycles. The van der Waals surface area contributed by atoms with Crippen molar-refractivity contribution in [2.24, 2.45) is 0 Å². The number of hydrogen-bond acceptors (Lipinski definition) is 1. The fourth-order valence-corrected chi connectivity index (χ4v) is 1.84. The summed E-state index contributed by atoms with van der Waals surface area (Å²) in [4.78, 5) is 11.6. The van der Waals surface area contributed by atoms with Gasteiger partial charge in [0.15, 0.2) is 5.78 Å². The average Bonchev–Trinajstić information content (AvgIpc) is 2.19. The van der Waals surface area contributed by atoms with Crippen molar-refractivity contribution in [1.82, 2.24) is 0 Å². The number of halogens is 3. The second kappa shape index (κ2) is 5.74. The molecular weight excluding hydrogens is 287 g/mol. The van der Waals surface area contributed by atoms with E-state index < -0.39 is 0 Å². The van der Waals surface area contributed by atoms with Crippen molar-refractivity contribution in [2.75, 3.05) is 5.33 Å². The summed E-state index contributed by atoms with van der Waals surface area (Å²) in [6, 6.07) is 5.28. The Kier molecular flexibility index (Phi) is 4.93. The first kappa shape index (κ1) is 12.0. The summed E-state index contributed by atoms with van der Waals surface area (Å²) in [5.74, 6) is 0.435. The first-order valence-electron chi connectivity index (χ1n) is 4.12. The molecule has 1 aromatic rings. The van der Waals surface area contributed by atoms with Crippen LogP contribution in [0.2, 0.25) is 5.02 Å². The van der Waals surface area contributed by atoms with Crippen molar-refractivity contribution >= 4 is 44.9 Å². The van der Waals surface area contributed by atoms with Crippen LogP contribution in [0.3, 0.4) is 0 Å². The van der Waals surface area contributed by atoms with Gasteiger partial charge in [-0.2, -0.15) is 0 Å². The fraction of sp³-hybridized carbons (Fsp3) is 0.300. The largest absolute Gasteiger partial charge is 0.294 e. The van der Waals surface area contributed by atoms with Crippen LogP contribution in [-0.4, -0.2) is 11.1 Å². The lowest BCUT2D eigenvalue weighted by Gasteiger charge is -2.04. The van der Waals surface area contributed by atoms with Crippen LogP contribution >= 0.6 is 39.1 Å². The molecule has 0 aromatic heterocycles. The van der Waals surface area contributed by atoms with Crippen LogP contribution in [0.5, 0.6) is 0 Å². The van der Waals surface area contributed by atoms with E-state index in [1.54, 1.807) is 12.1 Å². The van der Waals surface area contributed by atoms with E-state index in [9.17, 15) is 4.79 Å². The van der Waals surface area contributed by atoms with Gasteiger partial charge in [-0.05, 0) is 17.7 Å². The van der Waals surface area contributed by atoms with Crippen LogP contribution in [0.15, 0.2) is 18.2 Å². The lowest BCUT2D eigenvalue weighted by Crippen LogP contribution is -2.01. The van der Waals surface area contributed by atoms with Crippen molar-refractivity contribution in [3.8, 4) is 0 Å². The molecule has 0 bridgehead atoms. The van der Waals surface area contributed by atoms with Crippen LogP contribution in [-0.2, 0) is 5.88 Å². The summed E-state index contributed by atoms with van der Waals surface area (Å²) in [5, 5.41) is 1.14. The standard InChI is InChI=1S/C10H9BrCl2O/c11-4-3-10(14)8-5-7(6-12)1-2-9(8)13/h1-2,5H,3-4,6H2. The number of carbonyl (C=O) groups excluding carboxylic acids is 1. The Bertz CT molecular complexity index is 339. The summed E-state index contributed by atoms with van der Waals surface area (Å²) >= 11 is 14.8. The molecule has 1 rings (SSSR count). The summed E-state index contributed by atoms with van der Waals surface area (Å²) in [5.41, 5.74) is 1.47. The topological polar surface area (TPSA) is 17.1 Å². The van der Waals surface area contributed by atoms with Gasteiger partial charge < -0.3 is 0 Å². The lowest BCUT2D eigenvalue weighted by molar-refractivity contribution is 0.0990. The minimum atomic E-state index is 0.0406. The third-order valence-electron chi connectivity index (χ3n) is 1.81. The minimum Gasteiger partial charge on any atom is -0.294 e. The normalized spacial score (nSPS) is 10.2. The van der Waals surface area contributed by atoms with Gasteiger partial charge in [0.05, 0.1) is 5.02 Å². The molecule has 0 N–H and O–H groups in total. The molecule has 0 aliphatic heterocycles. The van der Waals surface area contributed by atoms with Gasteiger partial charge in [0.25, 0.3) is 0 Å². The molecule has 14 heavy (non-hydrogen) atoms. The van der Waals surface area contributed by atoms with Gasteiger partial charge in [0.1, 0.15) is 0 Å². The van der Waals surface area contributed by atoms with E-state index in [-0.39, 0.29) is 5.78 Å². The average molecular weight is 296 g/mol. The van der Waals surface area contributed by atoms with Gasteiger partial charge in [-0.1, -0.05) is 33.6 Å². The number of hydrogen-bond donors (Lipinski definition) is 0. The highest BCUT2D eigenvalue weighted by molar-refractivity contribution is 9.09. The van der Waals surface area contributed by atoms with Crippen molar-refractivity contribution < 1.29 is 4.79 Å². The van der Waals surface area contributed by atoms with Gasteiger partial charge in [-0.3, -0.25) is 4.79 Å². The first-order chi connectivity index (χ1) is 6.69. The van der Waals surface area contributed by atoms with Gasteiger partial charge in [0.2, 0.25) is 0 Å². The lowest BCUT2D eigenvalue weighted by atomic mass is 10.1. The quantitative estimate of drug-likeness (QED) is 0.605. The molecule has 0 aliphatic rings. The van der Waals surface area contributed by atoms with Crippen molar-refractivity contribution in [2.45, 2.75) is 12.3 Å². The second-order valence-corrected chi connectivity index (χ2v) is 4.28. The third-order valence-corrected chi connectivity index (χ3v) is 2.84. The van der Waals surface area contributed by atoms with Crippen molar-refractivity contribution in [1.29, 1.82) is 0 Å². The highest BCUT2D eigenvalue weighted by Crippen LogP contribution is 2.20. The Morgan fingerprint density at radius 3 is 2.71 bits per heavy atom. The summed E-state index contributed by atoms with van der Waals surface area (Å²) < 4.78 is 0. The maximum atomic E-state index is 11.6. The SMILES string of the molecule is O=C(CCBr)c1cc(CCl)ccc1Cl. The van der Waals surface area contributed by atoms with Crippen molar-refractivity contribution in [3.63, 3.8) is 0 Å². The van der Waals surface area contributed by atoms with Gasteiger partial charge in [-0.25, -0.2) is 0 Å². The van der Waals surface area contributed by atoms with Gasteiger partial charge in [0, 0.05) is 23.2 Å². The molecule has 0 unspecified atom stereocenters. The number of rotatable bonds is 4. The van der Waals surface area contributed by atoms with Crippen LogP contribution in [0, 0.1) is 0 Å². The molecule has 4 heteroatoms. The highest BCUT2D eigenvalue weighted by Gasteiger charge is 2.09. The van der Waals surface area contributed by atoms with Crippen LogP contribution in [0.4, 0.5) is 0 Å². The predicted octanol–water partition coefficient (Wildman–Crippen LogP) is 4.05. The smallest absolute Gasteiger partial charge is 0.165 e. The molecule has 0 amide bonds. The summed E-state index contributed by atoms with van der Waals surface area (Å²) in [6.07, 6.45) is 0.450. The molecule has 1 nitrogen and oxygen atoms in total. The first-order valence-corrected chi connectivity index (χ1v) is 6.16. The molecule has 0 fully saturated rings. The van der Waals surface area contributed by atoms with Crippen LogP contribution in [0.25, 0.3) is 0 Å². The number of carbonyl (C=O) groups is 1. The second-order valence-electron chi connectivity index (χ2n) is 2.81. The Balaban J connectivity index is 2.99. The Morgan fingerprint density at radius 2 is 2.14 bits per heavy atom. The van der Waals surface area contributed by atoms with E-state index in [2.05, 4.69) is 15.9 Å². The van der Waals surface area contributed by atoms with Crippen LogP contribution < -0.4 is 0 Å². The zero-order valence-corrected chi connectivity index (χ0v) is 10.5. The summed E-state index contributed by atoms with van der Waals surface area (Å²) in [7, 11) is 0. The van der Waals surface area contributed by atoms with Crippen molar-refractivity contribution in [3.05, 3.63) is 34.3 Å². The predicted molar refractivity (Wildman–Crippen MR) is 63.8 cm³/mol. The van der Waals surface area contributed by atoms with E-state index in [4.69, 9.17) is 23.2 Å². The zero-order valence-electron chi connectivity index (χ0n) is 7.40. The number of alkyl halides is 2. The Labute approximate surface area is 102 Å². The molecule has 0 atom stereocenters. The molecule has 0 spiro atoms. The molecule has 0 radical (unpaired) electrons. The Hall–Kier alpha value is -0.0500. The van der Waals surface area contributed by atoms with Gasteiger partial charge in [-0.15, -0.1) is 11.6 Å².